The Balaban J connectivity index is 1.16. The van der Waals surface area contributed by atoms with Gasteiger partial charge in [0.15, 0.2) is 17.2 Å². The van der Waals surface area contributed by atoms with E-state index >= 15 is 4.79 Å². The van der Waals surface area contributed by atoms with E-state index in [-0.39, 0.29) is 24.4 Å². The molecule has 1 aromatic heterocycles. The number of hydrogen-bond acceptors (Lipinski definition) is 6. The van der Waals surface area contributed by atoms with Crippen molar-refractivity contribution in [2.75, 3.05) is 0 Å². The van der Waals surface area contributed by atoms with Crippen LogP contribution in [0.3, 0.4) is 0 Å². The third-order valence-electron chi connectivity index (χ3n) is 13.9. The number of unbranched alkanes of at least 4 members (excludes halogenated alkanes) is 15. The summed E-state index contributed by atoms with van der Waals surface area (Å²) >= 11 is 0. The summed E-state index contributed by atoms with van der Waals surface area (Å²) in [6.07, 6.45) is 20.5. The van der Waals surface area contributed by atoms with Crippen molar-refractivity contribution in [3.05, 3.63) is 220 Å². The summed E-state index contributed by atoms with van der Waals surface area (Å²) in [5, 5.41) is 0.449. The lowest BCUT2D eigenvalue weighted by molar-refractivity contribution is 0.256. The molecule has 0 spiro atoms. The summed E-state index contributed by atoms with van der Waals surface area (Å²) in [4.78, 5) is 15.6. The Bertz CT molecular complexity index is 2940. The molecule has 0 bridgehead atoms. The van der Waals surface area contributed by atoms with Gasteiger partial charge < -0.3 is 28.3 Å². The van der Waals surface area contributed by atoms with Gasteiger partial charge in [0.05, 0.1) is 16.6 Å². The van der Waals surface area contributed by atoms with Crippen LogP contribution >= 0.6 is 0 Å². The van der Waals surface area contributed by atoms with Crippen LogP contribution < -0.4 is 29.1 Å². The van der Waals surface area contributed by atoms with Crippen LogP contribution in [0.4, 0.5) is 0 Å². The summed E-state index contributed by atoms with van der Waals surface area (Å²) in [6.45, 7) is 4.42. The van der Waals surface area contributed by atoms with Crippen LogP contribution in [0.2, 0.25) is 0 Å². The Morgan fingerprint density at radius 2 is 0.747 bits per heavy atom. The third-order valence-corrected chi connectivity index (χ3v) is 13.9. The largest absolute Gasteiger partial charge is 0.489 e. The molecule has 0 aliphatic carbocycles. The van der Waals surface area contributed by atoms with Crippen LogP contribution in [0, 0.1) is 0 Å². The van der Waals surface area contributed by atoms with E-state index in [2.05, 4.69) is 47.9 Å². The molecule has 1 heterocycles. The van der Waals surface area contributed by atoms with Crippen molar-refractivity contribution in [3.63, 3.8) is 0 Å². The Labute approximate surface area is 446 Å². The smallest absolute Gasteiger partial charge is 0.235 e. The number of benzene rings is 7. The summed E-state index contributed by atoms with van der Waals surface area (Å²) < 4.78 is 35.7. The molecule has 0 fully saturated rings. The maximum absolute atomic E-state index is 15.6. The third kappa shape index (κ3) is 16.9. The van der Waals surface area contributed by atoms with Crippen molar-refractivity contribution in [1.82, 2.24) is 4.57 Å². The molecule has 8 rings (SSSR count). The SMILES string of the molecule is CCCCCCCCCCCCCCCCCCn1c(-c2ccc(OCc3ccccc3)c(OCc3ccccc3)c2)c(OCc2ccccc2)c(=O)c2c(OCc3ccccc3)cc(OCc3ccccc3)cc21. The molecular weight excluding hydrogens is 927 g/mol. The fourth-order valence-electron chi connectivity index (χ4n) is 9.71. The van der Waals surface area contributed by atoms with Crippen LogP contribution in [-0.4, -0.2) is 4.57 Å². The predicted molar refractivity (Wildman–Crippen MR) is 307 cm³/mol. The molecule has 0 amide bonds. The Morgan fingerprint density at radius 1 is 0.360 bits per heavy atom. The van der Waals surface area contributed by atoms with Gasteiger partial charge in [-0.05, 0) is 52.4 Å². The number of nitrogens with zero attached hydrogens (tertiary/aromatic N) is 1. The molecule has 0 atom stereocenters. The number of ether oxygens (including phenoxy) is 5. The Hall–Kier alpha value is -7.25. The predicted octanol–water partition coefficient (Wildman–Crippen LogP) is 17.8. The highest BCUT2D eigenvalue weighted by Gasteiger charge is 2.25. The highest BCUT2D eigenvalue weighted by molar-refractivity contribution is 5.92. The molecule has 7 heteroatoms. The van der Waals surface area contributed by atoms with Crippen LogP contribution in [0.15, 0.2) is 187 Å². The molecule has 7 nitrogen and oxygen atoms in total. The first-order valence-corrected chi connectivity index (χ1v) is 27.9. The second-order valence-corrected chi connectivity index (χ2v) is 19.8. The van der Waals surface area contributed by atoms with Gasteiger partial charge in [-0.15, -0.1) is 0 Å². The van der Waals surface area contributed by atoms with Crippen molar-refractivity contribution in [1.29, 1.82) is 0 Å². The zero-order valence-corrected chi connectivity index (χ0v) is 44.3. The van der Waals surface area contributed by atoms with Gasteiger partial charge in [0.1, 0.15) is 44.5 Å². The van der Waals surface area contributed by atoms with E-state index < -0.39 is 0 Å². The molecule has 0 N–H and O–H groups in total. The second-order valence-electron chi connectivity index (χ2n) is 19.8. The van der Waals surface area contributed by atoms with Gasteiger partial charge in [-0.3, -0.25) is 4.79 Å². The van der Waals surface area contributed by atoms with Gasteiger partial charge in [0.2, 0.25) is 5.43 Å². The standard InChI is InChI=1S/C68H77NO6/c1-2-3-4-5-6-7-8-9-10-11-12-13-14-15-16-32-45-69-61-47-60(71-49-54-33-22-17-23-34-54)48-64(74-52-57-39-28-20-29-40-57)65(61)67(70)68(75-53-58-41-30-21-31-42-58)66(69)59-43-44-62(72-50-55-35-24-18-25-36-55)63(46-59)73-51-56-37-26-19-27-38-56/h17-31,33-44,46-48H,2-16,32,45,49-53H2,1H3. The average molecular weight is 1000 g/mol. The van der Waals surface area contributed by atoms with Crippen molar-refractivity contribution in [2.45, 2.75) is 149 Å². The average Bonchev–Trinajstić information content (AvgIpc) is 3.47. The number of pyridine rings is 1. The lowest BCUT2D eigenvalue weighted by atomic mass is 10.0. The Kier molecular flexibility index (Phi) is 21.8. The topological polar surface area (TPSA) is 68.2 Å². The second kappa shape index (κ2) is 30.2. The lowest BCUT2D eigenvalue weighted by Gasteiger charge is -2.24. The zero-order chi connectivity index (χ0) is 51.5. The lowest BCUT2D eigenvalue weighted by Crippen LogP contribution is -2.18. The monoisotopic (exact) mass is 1000 g/mol. The molecule has 75 heavy (non-hydrogen) atoms. The fraction of sp³-hybridized carbons (Fsp3) is 0.338. The Morgan fingerprint density at radius 3 is 1.20 bits per heavy atom. The summed E-state index contributed by atoms with van der Waals surface area (Å²) in [7, 11) is 0. The molecule has 0 aliphatic heterocycles. The minimum absolute atomic E-state index is 0.196. The van der Waals surface area contributed by atoms with Gasteiger partial charge in [0, 0.05) is 24.2 Å². The van der Waals surface area contributed by atoms with E-state index in [0.717, 1.165) is 52.6 Å². The highest BCUT2D eigenvalue weighted by atomic mass is 16.5. The molecule has 390 valence electrons. The van der Waals surface area contributed by atoms with Crippen LogP contribution in [0.25, 0.3) is 22.2 Å². The normalized spacial score (nSPS) is 11.2. The minimum Gasteiger partial charge on any atom is -0.489 e. The van der Waals surface area contributed by atoms with E-state index in [1.54, 1.807) is 0 Å². The molecule has 7 aromatic carbocycles. The number of hydrogen-bond donors (Lipinski definition) is 0. The molecule has 0 aliphatic rings. The minimum atomic E-state index is -0.256. The quantitative estimate of drug-likeness (QED) is 0.0382. The molecule has 0 saturated heterocycles. The van der Waals surface area contributed by atoms with Gasteiger partial charge in [-0.25, -0.2) is 0 Å². The van der Waals surface area contributed by atoms with Crippen LogP contribution in [0.1, 0.15) is 137 Å². The van der Waals surface area contributed by atoms with Crippen molar-refractivity contribution >= 4 is 10.9 Å². The first-order valence-electron chi connectivity index (χ1n) is 27.9. The van der Waals surface area contributed by atoms with Crippen molar-refractivity contribution < 1.29 is 23.7 Å². The number of aromatic nitrogens is 1. The molecular formula is C68H77NO6. The zero-order valence-electron chi connectivity index (χ0n) is 44.3. The maximum Gasteiger partial charge on any atom is 0.235 e. The summed E-state index contributed by atoms with van der Waals surface area (Å²) in [5.74, 6) is 2.46. The van der Waals surface area contributed by atoms with Gasteiger partial charge in [-0.2, -0.15) is 0 Å². The van der Waals surface area contributed by atoms with E-state index in [4.69, 9.17) is 23.7 Å². The number of rotatable bonds is 33. The van der Waals surface area contributed by atoms with E-state index in [1.165, 1.54) is 83.5 Å². The highest BCUT2D eigenvalue weighted by Crippen LogP contribution is 2.41. The maximum atomic E-state index is 15.6. The fourth-order valence-corrected chi connectivity index (χ4v) is 9.71. The summed E-state index contributed by atoms with van der Waals surface area (Å²) in [6, 6.07) is 60.4. The summed E-state index contributed by atoms with van der Waals surface area (Å²) in [5.41, 5.74) is 6.95. The molecule has 0 radical (unpaired) electrons. The molecule has 0 unspecified atom stereocenters. The van der Waals surface area contributed by atoms with E-state index in [1.807, 2.05) is 146 Å². The number of fused-ring (bicyclic) bond motifs is 1. The van der Waals surface area contributed by atoms with Gasteiger partial charge in [0.25, 0.3) is 0 Å². The molecule has 8 aromatic rings. The van der Waals surface area contributed by atoms with Crippen molar-refractivity contribution in [3.8, 4) is 40.0 Å². The van der Waals surface area contributed by atoms with E-state index in [9.17, 15) is 0 Å². The van der Waals surface area contributed by atoms with Crippen molar-refractivity contribution in [2.24, 2.45) is 0 Å². The van der Waals surface area contributed by atoms with Crippen LogP contribution in [-0.2, 0) is 39.6 Å². The van der Waals surface area contributed by atoms with Gasteiger partial charge >= 0.3 is 0 Å². The van der Waals surface area contributed by atoms with Crippen LogP contribution in [0.5, 0.6) is 28.7 Å². The van der Waals surface area contributed by atoms with E-state index in [0.29, 0.717) is 66.0 Å². The van der Waals surface area contributed by atoms with Gasteiger partial charge in [-0.1, -0.05) is 255 Å². The first-order chi connectivity index (χ1) is 37.1. The number of aryl methyl sites for hydroxylation is 1. The first kappa shape index (κ1) is 54.0. The molecule has 0 saturated carbocycles.